The summed E-state index contributed by atoms with van der Waals surface area (Å²) in [5, 5.41) is 6.56. The van der Waals surface area contributed by atoms with Gasteiger partial charge in [0.25, 0.3) is 0 Å². The molecule has 0 atom stereocenters. The zero-order valence-electron chi connectivity index (χ0n) is 10.8. The summed E-state index contributed by atoms with van der Waals surface area (Å²) >= 11 is 1.54. The molecule has 0 bridgehead atoms. The Hall–Kier alpha value is -1.70. The molecule has 0 aliphatic heterocycles. The van der Waals surface area contributed by atoms with Gasteiger partial charge in [0.15, 0.2) is 0 Å². The highest BCUT2D eigenvalue weighted by Gasteiger charge is 2.11. The van der Waals surface area contributed by atoms with Crippen molar-refractivity contribution in [3.63, 3.8) is 0 Å². The molecule has 20 heavy (non-hydrogen) atoms. The van der Waals surface area contributed by atoms with E-state index in [1.54, 1.807) is 23.5 Å². The van der Waals surface area contributed by atoms with Crippen molar-refractivity contribution in [3.8, 4) is 0 Å². The summed E-state index contributed by atoms with van der Waals surface area (Å²) in [6.07, 6.45) is 0.306. The molecule has 5 nitrogen and oxygen atoms in total. The van der Waals surface area contributed by atoms with Gasteiger partial charge in [0.05, 0.1) is 11.3 Å². The highest BCUT2D eigenvalue weighted by atomic mass is 32.2. The van der Waals surface area contributed by atoms with Crippen molar-refractivity contribution in [3.05, 3.63) is 46.7 Å². The zero-order chi connectivity index (χ0) is 14.6. The number of amides is 1. The third-order valence-corrected chi connectivity index (χ3v) is 4.82. The molecule has 2 rings (SSSR count). The van der Waals surface area contributed by atoms with E-state index in [0.29, 0.717) is 12.1 Å². The SMILES string of the molecule is CNS(=O)(=O)c1ccc(NC(=O)Cc2ccsc2)cc1. The summed E-state index contributed by atoms with van der Waals surface area (Å²) in [5.74, 6) is -0.132. The van der Waals surface area contributed by atoms with Gasteiger partial charge in [-0.05, 0) is 53.7 Å². The van der Waals surface area contributed by atoms with Crippen LogP contribution in [0.25, 0.3) is 0 Å². The maximum atomic E-state index is 11.8. The van der Waals surface area contributed by atoms with Crippen LogP contribution in [0.1, 0.15) is 5.56 Å². The van der Waals surface area contributed by atoms with Crippen LogP contribution in [0.3, 0.4) is 0 Å². The van der Waals surface area contributed by atoms with Crippen LogP contribution in [0.2, 0.25) is 0 Å². The molecule has 0 saturated heterocycles. The van der Waals surface area contributed by atoms with Crippen molar-refractivity contribution in [2.24, 2.45) is 0 Å². The lowest BCUT2D eigenvalue weighted by atomic mass is 10.2. The van der Waals surface area contributed by atoms with Crippen LogP contribution in [0.4, 0.5) is 5.69 Å². The van der Waals surface area contributed by atoms with Gasteiger partial charge in [0, 0.05) is 5.69 Å². The topological polar surface area (TPSA) is 75.3 Å². The molecule has 7 heteroatoms. The summed E-state index contributed by atoms with van der Waals surface area (Å²) in [5.41, 5.74) is 1.53. The van der Waals surface area contributed by atoms with Crippen LogP contribution < -0.4 is 10.0 Å². The third kappa shape index (κ3) is 3.66. The standard InChI is InChI=1S/C13H14N2O3S2/c1-14-20(17,18)12-4-2-11(3-5-12)15-13(16)8-10-6-7-19-9-10/h2-7,9,14H,8H2,1H3,(H,15,16). The number of benzene rings is 1. The molecule has 0 unspecified atom stereocenters. The molecule has 1 aromatic carbocycles. The molecule has 106 valence electrons. The van der Waals surface area contributed by atoms with E-state index in [4.69, 9.17) is 0 Å². The van der Waals surface area contributed by atoms with Crippen LogP contribution >= 0.6 is 11.3 Å². The molecule has 1 aromatic heterocycles. The Balaban J connectivity index is 2.02. The summed E-state index contributed by atoms with van der Waals surface area (Å²) < 4.78 is 25.3. The van der Waals surface area contributed by atoms with E-state index in [1.807, 2.05) is 16.8 Å². The third-order valence-electron chi connectivity index (χ3n) is 2.66. The Morgan fingerprint density at radius 2 is 1.90 bits per heavy atom. The maximum Gasteiger partial charge on any atom is 0.240 e. The zero-order valence-corrected chi connectivity index (χ0v) is 12.4. The predicted octanol–water partition coefficient (Wildman–Crippen LogP) is 1.84. The van der Waals surface area contributed by atoms with Crippen molar-refractivity contribution in [2.45, 2.75) is 11.3 Å². The average molecular weight is 310 g/mol. The van der Waals surface area contributed by atoms with E-state index in [1.165, 1.54) is 19.2 Å². The van der Waals surface area contributed by atoms with Gasteiger partial charge in [-0.2, -0.15) is 11.3 Å². The van der Waals surface area contributed by atoms with Crippen molar-refractivity contribution in [1.29, 1.82) is 0 Å². The summed E-state index contributed by atoms with van der Waals surface area (Å²) in [7, 11) is -2.09. The molecule has 0 aliphatic rings. The first-order valence-electron chi connectivity index (χ1n) is 5.86. The van der Waals surface area contributed by atoms with Gasteiger partial charge in [-0.3, -0.25) is 4.79 Å². The quantitative estimate of drug-likeness (QED) is 0.885. The highest BCUT2D eigenvalue weighted by molar-refractivity contribution is 7.89. The number of anilines is 1. The van der Waals surface area contributed by atoms with Gasteiger partial charge in [-0.1, -0.05) is 0 Å². The minimum Gasteiger partial charge on any atom is -0.326 e. The lowest BCUT2D eigenvalue weighted by molar-refractivity contribution is -0.115. The Labute approximate surface area is 121 Å². The normalized spacial score (nSPS) is 11.2. The molecule has 0 radical (unpaired) electrons. The number of rotatable bonds is 5. The maximum absolute atomic E-state index is 11.8. The molecule has 1 heterocycles. The molecule has 0 fully saturated rings. The number of hydrogen-bond acceptors (Lipinski definition) is 4. The first-order chi connectivity index (χ1) is 9.51. The number of sulfonamides is 1. The van der Waals surface area contributed by atoms with E-state index >= 15 is 0 Å². The van der Waals surface area contributed by atoms with E-state index in [2.05, 4.69) is 10.0 Å². The van der Waals surface area contributed by atoms with E-state index in [0.717, 1.165) is 5.56 Å². The van der Waals surface area contributed by atoms with Crippen LogP contribution in [0.5, 0.6) is 0 Å². The lowest BCUT2D eigenvalue weighted by Crippen LogP contribution is -2.18. The number of hydrogen-bond donors (Lipinski definition) is 2. The Kier molecular flexibility index (Phi) is 4.53. The summed E-state index contributed by atoms with van der Waals surface area (Å²) in [6, 6.07) is 7.93. The first-order valence-corrected chi connectivity index (χ1v) is 8.28. The van der Waals surface area contributed by atoms with E-state index < -0.39 is 10.0 Å². The number of thiophene rings is 1. The Morgan fingerprint density at radius 1 is 1.20 bits per heavy atom. The van der Waals surface area contributed by atoms with Gasteiger partial charge < -0.3 is 5.32 Å². The van der Waals surface area contributed by atoms with Crippen molar-refractivity contribution >= 4 is 33.0 Å². The monoisotopic (exact) mass is 310 g/mol. The largest absolute Gasteiger partial charge is 0.326 e. The molecule has 0 aliphatic carbocycles. The lowest BCUT2D eigenvalue weighted by Gasteiger charge is -2.06. The van der Waals surface area contributed by atoms with Crippen LogP contribution in [-0.4, -0.2) is 21.4 Å². The van der Waals surface area contributed by atoms with Gasteiger partial charge in [0.1, 0.15) is 0 Å². The van der Waals surface area contributed by atoms with Gasteiger partial charge in [-0.25, -0.2) is 13.1 Å². The fourth-order valence-electron chi connectivity index (χ4n) is 1.62. The predicted molar refractivity (Wildman–Crippen MR) is 79.3 cm³/mol. The summed E-state index contributed by atoms with van der Waals surface area (Å²) in [4.78, 5) is 11.9. The van der Waals surface area contributed by atoms with E-state index in [-0.39, 0.29) is 10.8 Å². The van der Waals surface area contributed by atoms with Crippen molar-refractivity contribution in [1.82, 2.24) is 4.72 Å². The minimum absolute atomic E-state index is 0.132. The van der Waals surface area contributed by atoms with E-state index in [9.17, 15) is 13.2 Å². The first kappa shape index (κ1) is 14.7. The van der Waals surface area contributed by atoms with Gasteiger partial charge >= 0.3 is 0 Å². The van der Waals surface area contributed by atoms with Gasteiger partial charge in [0.2, 0.25) is 15.9 Å². The van der Waals surface area contributed by atoms with Crippen LogP contribution in [0.15, 0.2) is 46.0 Å². The fourth-order valence-corrected chi connectivity index (χ4v) is 3.02. The molecular weight excluding hydrogens is 296 g/mol. The number of carbonyl (C=O) groups is 1. The molecule has 2 N–H and O–H groups in total. The van der Waals surface area contributed by atoms with Crippen molar-refractivity contribution in [2.75, 3.05) is 12.4 Å². The minimum atomic E-state index is -3.45. The van der Waals surface area contributed by atoms with Gasteiger partial charge in [-0.15, -0.1) is 0 Å². The molecule has 0 saturated carbocycles. The fraction of sp³-hybridized carbons (Fsp3) is 0.154. The number of nitrogens with one attached hydrogen (secondary N) is 2. The molecule has 2 aromatic rings. The molecule has 0 spiro atoms. The summed E-state index contributed by atoms with van der Waals surface area (Å²) in [6.45, 7) is 0. The van der Waals surface area contributed by atoms with Crippen LogP contribution in [0, 0.1) is 0 Å². The highest BCUT2D eigenvalue weighted by Crippen LogP contribution is 2.14. The Morgan fingerprint density at radius 3 is 2.45 bits per heavy atom. The van der Waals surface area contributed by atoms with Crippen molar-refractivity contribution < 1.29 is 13.2 Å². The molecular formula is C13H14N2O3S2. The smallest absolute Gasteiger partial charge is 0.240 e. The second-order valence-electron chi connectivity index (χ2n) is 4.09. The average Bonchev–Trinajstić information content (AvgIpc) is 2.92. The Bertz CT molecular complexity index is 677. The number of carbonyl (C=O) groups excluding carboxylic acids is 1. The molecule has 1 amide bonds. The van der Waals surface area contributed by atoms with Crippen LogP contribution in [-0.2, 0) is 21.2 Å². The second-order valence-corrected chi connectivity index (χ2v) is 6.76. The second kappa shape index (κ2) is 6.17.